The van der Waals surface area contributed by atoms with E-state index in [9.17, 15) is 4.79 Å². The number of nitrogens with zero attached hydrogens (tertiary/aromatic N) is 4. The predicted molar refractivity (Wildman–Crippen MR) is 66.6 cm³/mol. The molecule has 2 aromatic rings. The number of pyridine rings is 1. The van der Waals surface area contributed by atoms with E-state index in [0.29, 0.717) is 11.6 Å². The van der Waals surface area contributed by atoms with Crippen LogP contribution in [0.5, 0.6) is 0 Å². The Labute approximate surface area is 104 Å². The highest BCUT2D eigenvalue weighted by Gasteiger charge is 2.07. The number of hydrogen-bond donors (Lipinski definition) is 1. The SMILES string of the molecule is C=CC(=O)Nc1nc(C)nc(-c2cccnc2)n1. The summed E-state index contributed by atoms with van der Waals surface area (Å²) in [6, 6.07) is 3.62. The van der Waals surface area contributed by atoms with E-state index in [0.717, 1.165) is 11.6 Å². The molecular weight excluding hydrogens is 230 g/mol. The number of amides is 1. The predicted octanol–water partition coefficient (Wildman–Crippen LogP) is 1.37. The highest BCUT2D eigenvalue weighted by atomic mass is 16.1. The van der Waals surface area contributed by atoms with Crippen molar-refractivity contribution >= 4 is 11.9 Å². The Morgan fingerprint density at radius 2 is 2.22 bits per heavy atom. The minimum atomic E-state index is -0.363. The van der Waals surface area contributed by atoms with E-state index in [-0.39, 0.29) is 11.9 Å². The molecule has 0 aliphatic carbocycles. The van der Waals surface area contributed by atoms with Gasteiger partial charge in [-0.25, -0.2) is 4.98 Å². The lowest BCUT2D eigenvalue weighted by Crippen LogP contribution is -2.12. The number of aromatic nitrogens is 4. The summed E-state index contributed by atoms with van der Waals surface area (Å²) in [4.78, 5) is 27.6. The molecule has 1 amide bonds. The van der Waals surface area contributed by atoms with Crippen LogP contribution in [0.2, 0.25) is 0 Å². The summed E-state index contributed by atoms with van der Waals surface area (Å²) in [5.74, 6) is 0.821. The van der Waals surface area contributed by atoms with Gasteiger partial charge in [-0.05, 0) is 25.1 Å². The largest absolute Gasteiger partial charge is 0.291 e. The summed E-state index contributed by atoms with van der Waals surface area (Å²) < 4.78 is 0. The fourth-order valence-corrected chi connectivity index (χ4v) is 1.32. The topological polar surface area (TPSA) is 80.7 Å². The molecule has 0 spiro atoms. The number of anilines is 1. The minimum absolute atomic E-state index is 0.200. The van der Waals surface area contributed by atoms with Gasteiger partial charge in [0.05, 0.1) is 0 Å². The van der Waals surface area contributed by atoms with Crippen LogP contribution in [0.3, 0.4) is 0 Å². The number of carbonyl (C=O) groups is 1. The third kappa shape index (κ3) is 2.73. The fraction of sp³-hybridized carbons (Fsp3) is 0.0833. The molecular formula is C12H11N5O. The van der Waals surface area contributed by atoms with E-state index >= 15 is 0 Å². The third-order valence-corrected chi connectivity index (χ3v) is 2.09. The standard InChI is InChI=1S/C12H11N5O/c1-3-10(18)16-12-15-8(2)14-11(17-12)9-5-4-6-13-7-9/h3-7H,1H2,2H3,(H,14,15,16,17,18). The van der Waals surface area contributed by atoms with Gasteiger partial charge in [0, 0.05) is 18.0 Å². The first-order chi connectivity index (χ1) is 8.69. The van der Waals surface area contributed by atoms with Crippen LogP contribution in [0, 0.1) is 6.92 Å². The maximum absolute atomic E-state index is 11.2. The van der Waals surface area contributed by atoms with Gasteiger partial charge in [-0.15, -0.1) is 0 Å². The Hall–Kier alpha value is -2.63. The van der Waals surface area contributed by atoms with Crippen LogP contribution in [0.1, 0.15) is 5.82 Å². The van der Waals surface area contributed by atoms with E-state index in [1.807, 2.05) is 6.07 Å². The van der Waals surface area contributed by atoms with Gasteiger partial charge >= 0.3 is 0 Å². The molecule has 6 heteroatoms. The van der Waals surface area contributed by atoms with Gasteiger partial charge in [-0.2, -0.15) is 9.97 Å². The second kappa shape index (κ2) is 5.13. The summed E-state index contributed by atoms with van der Waals surface area (Å²) in [7, 11) is 0. The van der Waals surface area contributed by atoms with Crippen molar-refractivity contribution in [3.8, 4) is 11.4 Å². The number of hydrogen-bond acceptors (Lipinski definition) is 5. The smallest absolute Gasteiger partial charge is 0.250 e. The van der Waals surface area contributed by atoms with Gasteiger partial charge in [-0.3, -0.25) is 15.1 Å². The average Bonchev–Trinajstić information content (AvgIpc) is 2.39. The first-order valence-electron chi connectivity index (χ1n) is 5.25. The summed E-state index contributed by atoms with van der Waals surface area (Å²) in [5.41, 5.74) is 0.761. The second-order valence-electron chi connectivity index (χ2n) is 3.46. The molecule has 6 nitrogen and oxygen atoms in total. The van der Waals surface area contributed by atoms with Gasteiger partial charge in [0.1, 0.15) is 5.82 Å². The summed E-state index contributed by atoms with van der Waals surface area (Å²) >= 11 is 0. The molecule has 0 aromatic carbocycles. The summed E-state index contributed by atoms with van der Waals surface area (Å²) in [6.07, 6.45) is 4.47. The number of carbonyl (C=O) groups excluding carboxylic acids is 1. The van der Waals surface area contributed by atoms with Gasteiger partial charge in [0.2, 0.25) is 11.9 Å². The molecule has 2 aromatic heterocycles. The van der Waals surface area contributed by atoms with E-state index in [2.05, 4.69) is 31.8 Å². The van der Waals surface area contributed by atoms with Crippen molar-refractivity contribution in [2.75, 3.05) is 5.32 Å². The van der Waals surface area contributed by atoms with Crippen molar-refractivity contribution in [1.82, 2.24) is 19.9 Å². The van der Waals surface area contributed by atoms with Gasteiger partial charge in [0.25, 0.3) is 0 Å². The average molecular weight is 241 g/mol. The van der Waals surface area contributed by atoms with Crippen LogP contribution in [0.4, 0.5) is 5.95 Å². The van der Waals surface area contributed by atoms with Crippen LogP contribution < -0.4 is 5.32 Å². The Kier molecular flexibility index (Phi) is 3.38. The first-order valence-corrected chi connectivity index (χ1v) is 5.25. The van der Waals surface area contributed by atoms with Gasteiger partial charge in [0.15, 0.2) is 5.82 Å². The van der Waals surface area contributed by atoms with Crippen LogP contribution in [-0.4, -0.2) is 25.8 Å². The zero-order valence-corrected chi connectivity index (χ0v) is 9.79. The van der Waals surface area contributed by atoms with Crippen LogP contribution in [-0.2, 0) is 4.79 Å². The zero-order valence-electron chi connectivity index (χ0n) is 9.79. The molecule has 0 saturated heterocycles. The van der Waals surface area contributed by atoms with E-state index in [1.165, 1.54) is 0 Å². The minimum Gasteiger partial charge on any atom is -0.291 e. The molecule has 0 atom stereocenters. The van der Waals surface area contributed by atoms with E-state index in [1.54, 1.807) is 25.4 Å². The molecule has 0 unspecified atom stereocenters. The fourth-order valence-electron chi connectivity index (χ4n) is 1.32. The number of rotatable bonds is 3. The lowest BCUT2D eigenvalue weighted by atomic mass is 10.3. The molecule has 0 bridgehead atoms. The Morgan fingerprint density at radius 3 is 2.89 bits per heavy atom. The van der Waals surface area contributed by atoms with E-state index < -0.39 is 0 Å². The van der Waals surface area contributed by atoms with Crippen molar-refractivity contribution in [2.45, 2.75) is 6.92 Å². The first kappa shape index (κ1) is 11.8. The normalized spacial score (nSPS) is 9.83. The Balaban J connectivity index is 2.38. The zero-order chi connectivity index (χ0) is 13.0. The molecule has 2 rings (SSSR count). The number of aryl methyl sites for hydroxylation is 1. The van der Waals surface area contributed by atoms with Crippen molar-refractivity contribution < 1.29 is 4.79 Å². The van der Waals surface area contributed by atoms with Crippen molar-refractivity contribution in [1.29, 1.82) is 0 Å². The highest BCUT2D eigenvalue weighted by molar-refractivity contribution is 5.97. The Morgan fingerprint density at radius 1 is 1.39 bits per heavy atom. The highest BCUT2D eigenvalue weighted by Crippen LogP contribution is 2.14. The molecule has 0 fully saturated rings. The molecule has 0 saturated carbocycles. The molecule has 90 valence electrons. The van der Waals surface area contributed by atoms with Crippen LogP contribution >= 0.6 is 0 Å². The molecule has 2 heterocycles. The maximum atomic E-state index is 11.2. The maximum Gasteiger partial charge on any atom is 0.250 e. The molecule has 0 aliphatic rings. The molecule has 18 heavy (non-hydrogen) atoms. The third-order valence-electron chi connectivity index (χ3n) is 2.09. The second-order valence-corrected chi connectivity index (χ2v) is 3.46. The van der Waals surface area contributed by atoms with Crippen molar-refractivity contribution in [2.24, 2.45) is 0 Å². The van der Waals surface area contributed by atoms with E-state index in [4.69, 9.17) is 0 Å². The van der Waals surface area contributed by atoms with Crippen molar-refractivity contribution in [3.05, 3.63) is 43.0 Å². The quantitative estimate of drug-likeness (QED) is 0.821. The molecule has 1 N–H and O–H groups in total. The lowest BCUT2D eigenvalue weighted by molar-refractivity contribution is -0.111. The van der Waals surface area contributed by atoms with Crippen molar-refractivity contribution in [3.63, 3.8) is 0 Å². The van der Waals surface area contributed by atoms with Gasteiger partial charge < -0.3 is 0 Å². The lowest BCUT2D eigenvalue weighted by Gasteiger charge is -2.04. The summed E-state index contributed by atoms with van der Waals surface area (Å²) in [6.45, 7) is 5.09. The Bertz CT molecular complexity index is 582. The summed E-state index contributed by atoms with van der Waals surface area (Å²) in [5, 5.41) is 2.50. The number of nitrogens with one attached hydrogen (secondary N) is 1. The monoisotopic (exact) mass is 241 g/mol. The van der Waals surface area contributed by atoms with Gasteiger partial charge in [-0.1, -0.05) is 6.58 Å². The van der Waals surface area contributed by atoms with Crippen LogP contribution in [0.25, 0.3) is 11.4 Å². The van der Waals surface area contributed by atoms with Crippen LogP contribution in [0.15, 0.2) is 37.2 Å². The molecule has 0 aliphatic heterocycles. The molecule has 0 radical (unpaired) electrons.